The molecule has 3 aromatic rings. The van der Waals surface area contributed by atoms with Gasteiger partial charge in [0.25, 0.3) is 5.35 Å². The topological polar surface area (TPSA) is 56.7 Å². The number of hydrogen-bond acceptors (Lipinski definition) is 4. The van der Waals surface area contributed by atoms with Crippen LogP contribution in [0.4, 0.5) is 0 Å². The molecule has 0 aliphatic carbocycles. The smallest absolute Gasteiger partial charge is 0.292 e. The van der Waals surface area contributed by atoms with Gasteiger partial charge in [-0.1, -0.05) is 0 Å². The summed E-state index contributed by atoms with van der Waals surface area (Å²) in [7, 11) is 0. The molecule has 0 bridgehead atoms. The van der Waals surface area contributed by atoms with Gasteiger partial charge in [0, 0.05) is 24.2 Å². The van der Waals surface area contributed by atoms with E-state index in [1.807, 2.05) is 24.4 Å². The Morgan fingerprint density at radius 2 is 2.12 bits per heavy atom. The first kappa shape index (κ1) is 10.0. The summed E-state index contributed by atoms with van der Waals surface area (Å²) in [6, 6.07) is 5.56. The van der Waals surface area contributed by atoms with Gasteiger partial charge in [-0.25, -0.2) is 14.6 Å². The van der Waals surface area contributed by atoms with Crippen molar-refractivity contribution in [2.75, 3.05) is 0 Å². The Balaban J connectivity index is 1.95. The molecular weight excluding hydrogens is 240 g/mol. The second-order valence-corrected chi connectivity index (χ2v) is 3.66. The lowest BCUT2D eigenvalue weighted by atomic mass is 10.2. The van der Waals surface area contributed by atoms with Crippen LogP contribution >= 0.6 is 11.6 Å². The number of nitrogens with zero attached hydrogens (tertiary/aromatic N) is 4. The van der Waals surface area contributed by atoms with Crippen molar-refractivity contribution in [3.8, 4) is 17.1 Å². The number of aromatic nitrogens is 4. The average molecular weight is 247 g/mol. The Labute approximate surface area is 102 Å². The van der Waals surface area contributed by atoms with Gasteiger partial charge in [0.1, 0.15) is 0 Å². The van der Waals surface area contributed by atoms with Crippen LogP contribution in [0.15, 0.2) is 47.4 Å². The summed E-state index contributed by atoms with van der Waals surface area (Å²) in [6.45, 7) is 0. The summed E-state index contributed by atoms with van der Waals surface area (Å²) in [4.78, 5) is 8.10. The zero-order valence-electron chi connectivity index (χ0n) is 8.62. The third-order valence-electron chi connectivity index (χ3n) is 2.25. The highest BCUT2D eigenvalue weighted by Crippen LogP contribution is 2.21. The second-order valence-electron chi connectivity index (χ2n) is 3.33. The molecule has 3 heterocycles. The van der Waals surface area contributed by atoms with E-state index in [2.05, 4.69) is 15.1 Å². The molecule has 0 aliphatic heterocycles. The Hall–Kier alpha value is -2.14. The van der Waals surface area contributed by atoms with Crippen molar-refractivity contribution in [1.29, 1.82) is 0 Å². The second kappa shape index (κ2) is 4.03. The van der Waals surface area contributed by atoms with E-state index in [9.17, 15) is 0 Å². The molecule has 3 aromatic heterocycles. The van der Waals surface area contributed by atoms with E-state index in [1.165, 1.54) is 0 Å². The fourth-order valence-corrected chi connectivity index (χ4v) is 1.59. The van der Waals surface area contributed by atoms with Crippen molar-refractivity contribution in [2.45, 2.75) is 0 Å². The average Bonchev–Trinajstić information content (AvgIpc) is 3.00. The maximum absolute atomic E-state index is 5.61. The first-order valence-corrected chi connectivity index (χ1v) is 5.28. The molecule has 0 aliphatic rings. The molecule has 0 unspecified atom stereocenters. The van der Waals surface area contributed by atoms with Gasteiger partial charge >= 0.3 is 0 Å². The summed E-state index contributed by atoms with van der Waals surface area (Å²) in [5.41, 5.74) is 0.820. The standard InChI is InChI=1S/C11H7ClN4O/c12-11-14-7-9(17-11)8-2-3-10(13-6-8)16-5-1-4-15-16/h1-7H. The molecule has 17 heavy (non-hydrogen) atoms. The molecule has 0 radical (unpaired) electrons. The van der Waals surface area contributed by atoms with Gasteiger partial charge in [0.05, 0.1) is 6.20 Å². The molecule has 3 rings (SSSR count). The van der Waals surface area contributed by atoms with Crippen LogP contribution in [0.1, 0.15) is 0 Å². The fourth-order valence-electron chi connectivity index (χ4n) is 1.46. The van der Waals surface area contributed by atoms with Gasteiger partial charge in [-0.3, -0.25) is 0 Å². The van der Waals surface area contributed by atoms with Crippen LogP contribution in [0.3, 0.4) is 0 Å². The Bertz CT molecular complexity index is 615. The van der Waals surface area contributed by atoms with E-state index in [0.29, 0.717) is 5.76 Å². The van der Waals surface area contributed by atoms with Crippen molar-refractivity contribution < 1.29 is 4.42 Å². The number of oxazole rings is 1. The third-order valence-corrected chi connectivity index (χ3v) is 2.42. The molecule has 0 N–H and O–H groups in total. The van der Waals surface area contributed by atoms with Crippen molar-refractivity contribution in [2.24, 2.45) is 0 Å². The number of pyridine rings is 1. The van der Waals surface area contributed by atoms with E-state index in [4.69, 9.17) is 16.0 Å². The molecule has 6 heteroatoms. The summed E-state index contributed by atoms with van der Waals surface area (Å²) < 4.78 is 6.87. The van der Waals surface area contributed by atoms with Crippen LogP contribution in [0, 0.1) is 0 Å². The van der Waals surface area contributed by atoms with E-state index in [0.717, 1.165) is 11.4 Å². The molecule has 0 saturated heterocycles. The molecule has 0 atom stereocenters. The van der Waals surface area contributed by atoms with E-state index >= 15 is 0 Å². The zero-order chi connectivity index (χ0) is 11.7. The lowest BCUT2D eigenvalue weighted by Crippen LogP contribution is -1.96. The largest absolute Gasteiger partial charge is 0.428 e. The van der Waals surface area contributed by atoms with Crippen LogP contribution in [0.5, 0.6) is 0 Å². The first-order valence-electron chi connectivity index (χ1n) is 4.91. The summed E-state index contributed by atoms with van der Waals surface area (Å²) >= 11 is 5.61. The maximum atomic E-state index is 5.61. The predicted molar refractivity (Wildman–Crippen MR) is 61.9 cm³/mol. The Morgan fingerprint density at radius 3 is 2.71 bits per heavy atom. The zero-order valence-corrected chi connectivity index (χ0v) is 9.37. The van der Waals surface area contributed by atoms with Gasteiger partial charge in [-0.2, -0.15) is 5.10 Å². The van der Waals surface area contributed by atoms with E-state index < -0.39 is 0 Å². The van der Waals surface area contributed by atoms with Gasteiger partial charge in [-0.15, -0.1) is 0 Å². The first-order chi connectivity index (χ1) is 8.33. The summed E-state index contributed by atoms with van der Waals surface area (Å²) in [5, 5.41) is 4.21. The lowest BCUT2D eigenvalue weighted by molar-refractivity contribution is 0.574. The van der Waals surface area contributed by atoms with Crippen molar-refractivity contribution in [1.82, 2.24) is 19.7 Å². The van der Waals surface area contributed by atoms with Crippen LogP contribution in [0.25, 0.3) is 17.1 Å². The SMILES string of the molecule is Clc1ncc(-c2ccc(-n3cccn3)nc2)o1. The Morgan fingerprint density at radius 1 is 1.18 bits per heavy atom. The molecule has 84 valence electrons. The molecule has 0 saturated carbocycles. The van der Waals surface area contributed by atoms with Crippen LogP contribution in [-0.4, -0.2) is 19.7 Å². The van der Waals surface area contributed by atoms with Gasteiger partial charge in [-0.05, 0) is 29.8 Å². The number of halogens is 1. The van der Waals surface area contributed by atoms with Crippen LogP contribution < -0.4 is 0 Å². The fraction of sp³-hybridized carbons (Fsp3) is 0. The summed E-state index contributed by atoms with van der Waals surface area (Å²) in [5.74, 6) is 1.33. The van der Waals surface area contributed by atoms with Gasteiger partial charge in [0.2, 0.25) is 0 Å². The van der Waals surface area contributed by atoms with Crippen LogP contribution in [-0.2, 0) is 0 Å². The highest BCUT2D eigenvalue weighted by atomic mass is 35.5. The minimum atomic E-state index is 0.121. The minimum Gasteiger partial charge on any atom is -0.428 e. The van der Waals surface area contributed by atoms with Crippen molar-refractivity contribution >= 4 is 11.6 Å². The molecule has 5 nitrogen and oxygen atoms in total. The number of rotatable bonds is 2. The molecule has 0 aromatic carbocycles. The monoisotopic (exact) mass is 246 g/mol. The highest BCUT2D eigenvalue weighted by Gasteiger charge is 2.05. The van der Waals surface area contributed by atoms with E-state index in [1.54, 1.807) is 23.3 Å². The molecule has 0 amide bonds. The highest BCUT2D eigenvalue weighted by molar-refractivity contribution is 6.27. The van der Waals surface area contributed by atoms with Gasteiger partial charge in [0.15, 0.2) is 11.6 Å². The third kappa shape index (κ3) is 1.92. The van der Waals surface area contributed by atoms with Crippen molar-refractivity contribution in [3.05, 3.63) is 48.3 Å². The van der Waals surface area contributed by atoms with E-state index in [-0.39, 0.29) is 5.35 Å². The minimum absolute atomic E-state index is 0.121. The van der Waals surface area contributed by atoms with Crippen molar-refractivity contribution in [3.63, 3.8) is 0 Å². The Kier molecular flexibility index (Phi) is 2.38. The lowest BCUT2D eigenvalue weighted by Gasteiger charge is -2.00. The predicted octanol–water partition coefficient (Wildman–Crippen LogP) is 2.58. The maximum Gasteiger partial charge on any atom is 0.292 e. The van der Waals surface area contributed by atoms with Crippen LogP contribution in [0.2, 0.25) is 5.35 Å². The molecule has 0 fully saturated rings. The number of hydrogen-bond donors (Lipinski definition) is 0. The quantitative estimate of drug-likeness (QED) is 0.697. The normalized spacial score (nSPS) is 10.6. The van der Waals surface area contributed by atoms with Gasteiger partial charge < -0.3 is 4.42 Å². The molecule has 0 spiro atoms. The molecular formula is C11H7ClN4O. The summed E-state index contributed by atoms with van der Waals surface area (Å²) in [6.07, 6.45) is 6.78.